The Balaban J connectivity index is 1.66. The molecule has 3 fully saturated rings. The van der Waals surface area contributed by atoms with Gasteiger partial charge in [0.05, 0.1) is 19.6 Å². The van der Waals surface area contributed by atoms with E-state index in [9.17, 15) is 4.79 Å². The molecule has 0 saturated heterocycles. The van der Waals surface area contributed by atoms with Crippen LogP contribution in [0.1, 0.15) is 38.7 Å². The van der Waals surface area contributed by atoms with Gasteiger partial charge in [-0.05, 0) is 54.7 Å². The van der Waals surface area contributed by atoms with Gasteiger partial charge in [0, 0.05) is 0 Å². The summed E-state index contributed by atoms with van der Waals surface area (Å²) >= 11 is 0. The van der Waals surface area contributed by atoms with Gasteiger partial charge in [-0.25, -0.2) is 0 Å². The van der Waals surface area contributed by atoms with Crippen molar-refractivity contribution in [2.75, 3.05) is 13.7 Å². The number of rotatable bonds is 5. The first-order chi connectivity index (χ1) is 9.55. The van der Waals surface area contributed by atoms with Gasteiger partial charge >= 0.3 is 5.97 Å². The predicted molar refractivity (Wildman–Crippen MR) is 76.8 cm³/mol. The van der Waals surface area contributed by atoms with Gasteiger partial charge in [-0.2, -0.15) is 0 Å². The molecule has 20 heavy (non-hydrogen) atoms. The predicted octanol–water partition coefficient (Wildman–Crippen LogP) is 3.32. The first kappa shape index (κ1) is 13.5. The van der Waals surface area contributed by atoms with Crippen LogP contribution in [-0.2, 0) is 14.9 Å². The van der Waals surface area contributed by atoms with Crippen molar-refractivity contribution in [3.05, 3.63) is 29.8 Å². The van der Waals surface area contributed by atoms with Crippen molar-refractivity contribution in [1.29, 1.82) is 0 Å². The van der Waals surface area contributed by atoms with E-state index < -0.39 is 0 Å². The van der Waals surface area contributed by atoms with Crippen LogP contribution >= 0.6 is 0 Å². The van der Waals surface area contributed by atoms with Crippen LogP contribution in [-0.4, -0.2) is 19.7 Å². The largest absolute Gasteiger partial charge is 0.497 e. The SMILES string of the molecule is CCOC(=O)C(C)C12CC(c3ccc(OC)cc3)(C1)C2. The quantitative estimate of drug-likeness (QED) is 0.773. The molecule has 1 aromatic carbocycles. The van der Waals surface area contributed by atoms with Crippen LogP contribution in [0.4, 0.5) is 0 Å². The Morgan fingerprint density at radius 1 is 1.25 bits per heavy atom. The van der Waals surface area contributed by atoms with Crippen LogP contribution in [0.5, 0.6) is 5.75 Å². The minimum absolute atomic E-state index is 0.0302. The highest BCUT2D eigenvalue weighted by atomic mass is 16.5. The Morgan fingerprint density at radius 3 is 2.35 bits per heavy atom. The molecule has 1 atom stereocenters. The maximum atomic E-state index is 11.9. The molecule has 3 saturated carbocycles. The number of benzene rings is 1. The van der Waals surface area contributed by atoms with Crippen LogP contribution < -0.4 is 4.74 Å². The molecule has 0 aliphatic heterocycles. The summed E-state index contributed by atoms with van der Waals surface area (Å²) in [6.45, 7) is 4.36. The highest BCUT2D eigenvalue weighted by Gasteiger charge is 2.71. The number of carbonyl (C=O) groups excluding carboxylic acids is 1. The number of carbonyl (C=O) groups is 1. The molecule has 1 aromatic rings. The van der Waals surface area contributed by atoms with E-state index in [0.29, 0.717) is 12.0 Å². The van der Waals surface area contributed by atoms with E-state index in [1.807, 2.05) is 26.0 Å². The average molecular weight is 274 g/mol. The first-order valence-corrected chi connectivity index (χ1v) is 7.36. The smallest absolute Gasteiger partial charge is 0.309 e. The van der Waals surface area contributed by atoms with E-state index in [-0.39, 0.29) is 17.3 Å². The zero-order valence-electron chi connectivity index (χ0n) is 12.4. The third-order valence-corrected chi connectivity index (χ3v) is 5.33. The topological polar surface area (TPSA) is 35.5 Å². The van der Waals surface area contributed by atoms with Gasteiger partial charge in [0.25, 0.3) is 0 Å². The van der Waals surface area contributed by atoms with Gasteiger partial charge in [0.15, 0.2) is 0 Å². The van der Waals surface area contributed by atoms with Gasteiger partial charge in [-0.1, -0.05) is 19.1 Å². The summed E-state index contributed by atoms with van der Waals surface area (Å²) in [5, 5.41) is 0. The van der Waals surface area contributed by atoms with Crippen molar-refractivity contribution in [2.45, 2.75) is 38.5 Å². The van der Waals surface area contributed by atoms with Crippen molar-refractivity contribution < 1.29 is 14.3 Å². The van der Waals surface area contributed by atoms with Crippen molar-refractivity contribution >= 4 is 5.97 Å². The molecule has 2 bridgehead atoms. The number of hydrogen-bond acceptors (Lipinski definition) is 3. The normalized spacial score (nSPS) is 31.8. The van der Waals surface area contributed by atoms with E-state index in [4.69, 9.17) is 9.47 Å². The lowest BCUT2D eigenvalue weighted by molar-refractivity contribution is -0.197. The van der Waals surface area contributed by atoms with E-state index in [1.54, 1.807) is 7.11 Å². The van der Waals surface area contributed by atoms with Crippen LogP contribution in [0.15, 0.2) is 24.3 Å². The lowest BCUT2D eigenvalue weighted by atomic mass is 9.31. The molecule has 3 heteroatoms. The molecule has 0 spiro atoms. The van der Waals surface area contributed by atoms with Gasteiger partial charge in [-0.15, -0.1) is 0 Å². The van der Waals surface area contributed by atoms with Gasteiger partial charge in [0.2, 0.25) is 0 Å². The van der Waals surface area contributed by atoms with Crippen molar-refractivity contribution in [3.8, 4) is 5.75 Å². The zero-order chi connectivity index (χ0) is 14.4. The minimum atomic E-state index is -0.0319. The second kappa shape index (κ2) is 4.51. The van der Waals surface area contributed by atoms with Crippen molar-refractivity contribution in [1.82, 2.24) is 0 Å². The second-order valence-corrected chi connectivity index (χ2v) is 6.38. The molecule has 0 heterocycles. The summed E-state index contributed by atoms with van der Waals surface area (Å²) in [6.07, 6.45) is 3.35. The molecule has 0 amide bonds. The molecule has 108 valence electrons. The third kappa shape index (κ3) is 1.75. The fraction of sp³-hybridized carbons (Fsp3) is 0.588. The molecule has 4 rings (SSSR count). The molecular formula is C17H22O3. The maximum absolute atomic E-state index is 11.9. The van der Waals surface area contributed by atoms with Crippen molar-refractivity contribution in [3.63, 3.8) is 0 Å². The monoisotopic (exact) mass is 274 g/mol. The third-order valence-electron chi connectivity index (χ3n) is 5.33. The summed E-state index contributed by atoms with van der Waals surface area (Å²) < 4.78 is 10.4. The molecule has 1 unspecified atom stereocenters. The fourth-order valence-electron chi connectivity index (χ4n) is 4.09. The molecule has 0 N–H and O–H groups in total. The molecule has 0 radical (unpaired) electrons. The van der Waals surface area contributed by atoms with Crippen LogP contribution in [0.25, 0.3) is 0 Å². The van der Waals surface area contributed by atoms with E-state index in [1.165, 1.54) is 5.56 Å². The molecular weight excluding hydrogens is 252 g/mol. The summed E-state index contributed by atoms with van der Waals surface area (Å²) in [5.74, 6) is 0.896. The Labute approximate surface area is 120 Å². The Bertz CT molecular complexity index is 498. The summed E-state index contributed by atoms with van der Waals surface area (Å²) in [6, 6.07) is 8.38. The average Bonchev–Trinajstić information content (AvgIpc) is 2.36. The van der Waals surface area contributed by atoms with Crippen LogP contribution in [0, 0.1) is 11.3 Å². The highest BCUT2D eigenvalue weighted by Crippen LogP contribution is 2.76. The summed E-state index contributed by atoms with van der Waals surface area (Å²) in [7, 11) is 1.69. The minimum Gasteiger partial charge on any atom is -0.497 e. The molecule has 3 nitrogen and oxygen atoms in total. The standard InChI is InChI=1S/C17H22O3/c1-4-20-15(18)12(2)16-9-17(10-16,11-16)13-5-7-14(19-3)8-6-13/h5-8,12H,4,9-11H2,1-3H3. The maximum Gasteiger partial charge on any atom is 0.309 e. The van der Waals surface area contributed by atoms with Gasteiger partial charge < -0.3 is 9.47 Å². The van der Waals surface area contributed by atoms with E-state index in [2.05, 4.69) is 12.1 Å². The van der Waals surface area contributed by atoms with E-state index >= 15 is 0 Å². The molecule has 3 aliphatic carbocycles. The number of hydrogen-bond donors (Lipinski definition) is 0. The lowest BCUT2D eigenvalue weighted by Gasteiger charge is -2.73. The highest BCUT2D eigenvalue weighted by molar-refractivity contribution is 5.74. The number of ether oxygens (including phenoxy) is 2. The van der Waals surface area contributed by atoms with Crippen LogP contribution in [0.2, 0.25) is 0 Å². The van der Waals surface area contributed by atoms with E-state index in [0.717, 1.165) is 25.0 Å². The van der Waals surface area contributed by atoms with Gasteiger partial charge in [-0.3, -0.25) is 4.79 Å². The van der Waals surface area contributed by atoms with Gasteiger partial charge in [0.1, 0.15) is 5.75 Å². The summed E-state index contributed by atoms with van der Waals surface area (Å²) in [5.41, 5.74) is 1.90. The van der Waals surface area contributed by atoms with Crippen molar-refractivity contribution in [2.24, 2.45) is 11.3 Å². The Kier molecular flexibility index (Phi) is 3.03. The number of esters is 1. The molecule has 0 aromatic heterocycles. The number of methoxy groups -OCH3 is 1. The first-order valence-electron chi connectivity index (χ1n) is 7.36. The van der Waals surface area contributed by atoms with Crippen LogP contribution in [0.3, 0.4) is 0 Å². The fourth-order valence-corrected chi connectivity index (χ4v) is 4.09. The lowest BCUT2D eigenvalue weighted by Crippen LogP contribution is -2.68. The Hall–Kier alpha value is -1.51. The molecule has 3 aliphatic rings. The second-order valence-electron chi connectivity index (χ2n) is 6.38. The zero-order valence-corrected chi connectivity index (χ0v) is 12.4. The summed E-state index contributed by atoms with van der Waals surface area (Å²) in [4.78, 5) is 11.9. The Morgan fingerprint density at radius 2 is 1.85 bits per heavy atom.